The second kappa shape index (κ2) is 7.03. The van der Waals surface area contributed by atoms with Crippen molar-refractivity contribution >= 4 is 12.2 Å². The van der Waals surface area contributed by atoms with Crippen LogP contribution in [0.5, 0.6) is 0 Å². The summed E-state index contributed by atoms with van der Waals surface area (Å²) < 4.78 is 10.5. The van der Waals surface area contributed by atoms with Crippen LogP contribution in [-0.4, -0.2) is 35.5 Å². The number of nitrogens with one attached hydrogen (secondary N) is 2. The highest BCUT2D eigenvalue weighted by Gasteiger charge is 2.29. The molecular formula is C16H28N2O4. The summed E-state index contributed by atoms with van der Waals surface area (Å²) in [4.78, 5) is 23.8. The van der Waals surface area contributed by atoms with E-state index in [9.17, 15) is 9.59 Å². The lowest BCUT2D eigenvalue weighted by molar-refractivity contribution is 0.0428. The number of amides is 2. The van der Waals surface area contributed by atoms with Gasteiger partial charge in [-0.3, -0.25) is 0 Å². The largest absolute Gasteiger partial charge is 0.444 e. The second-order valence-corrected chi connectivity index (χ2v) is 7.45. The van der Waals surface area contributed by atoms with E-state index in [1.54, 1.807) is 0 Å². The standard InChI is InChI=1S/C16H28N2O4/c1-15(2,3)21-13(19)17-11-9-7-8-10-12(11)18-14(20)22-16(4,5)6/h7-8,11-12H,9-10H2,1-6H3,(H,17,19)(H,18,20)/t11-,12-/m1/s1. The van der Waals surface area contributed by atoms with Crippen molar-refractivity contribution in [3.8, 4) is 0 Å². The highest BCUT2D eigenvalue weighted by molar-refractivity contribution is 5.70. The topological polar surface area (TPSA) is 76.7 Å². The van der Waals surface area contributed by atoms with E-state index in [4.69, 9.17) is 9.47 Å². The van der Waals surface area contributed by atoms with E-state index < -0.39 is 23.4 Å². The number of hydrogen-bond acceptors (Lipinski definition) is 4. The Morgan fingerprint density at radius 2 is 1.14 bits per heavy atom. The van der Waals surface area contributed by atoms with Gasteiger partial charge in [-0.05, 0) is 54.4 Å². The number of ether oxygens (including phenoxy) is 2. The zero-order chi connectivity index (χ0) is 17.0. The molecule has 2 amide bonds. The maximum Gasteiger partial charge on any atom is 0.407 e. The van der Waals surface area contributed by atoms with Crippen LogP contribution in [0.1, 0.15) is 54.4 Å². The first kappa shape index (κ1) is 18.3. The molecule has 0 aromatic rings. The Labute approximate surface area is 132 Å². The number of alkyl carbamates (subject to hydrolysis) is 2. The van der Waals surface area contributed by atoms with E-state index in [0.29, 0.717) is 12.8 Å². The molecular weight excluding hydrogens is 284 g/mol. The molecule has 22 heavy (non-hydrogen) atoms. The van der Waals surface area contributed by atoms with Crippen molar-refractivity contribution in [2.24, 2.45) is 0 Å². The molecule has 1 aliphatic rings. The van der Waals surface area contributed by atoms with Gasteiger partial charge < -0.3 is 20.1 Å². The van der Waals surface area contributed by atoms with Crippen LogP contribution in [0.2, 0.25) is 0 Å². The normalized spacial score (nSPS) is 21.9. The van der Waals surface area contributed by atoms with Crippen molar-refractivity contribution in [1.29, 1.82) is 0 Å². The van der Waals surface area contributed by atoms with Crippen molar-refractivity contribution in [2.75, 3.05) is 0 Å². The Morgan fingerprint density at radius 1 is 0.818 bits per heavy atom. The average molecular weight is 312 g/mol. The molecule has 0 saturated heterocycles. The van der Waals surface area contributed by atoms with E-state index >= 15 is 0 Å². The van der Waals surface area contributed by atoms with Gasteiger partial charge in [0.1, 0.15) is 11.2 Å². The van der Waals surface area contributed by atoms with Crippen LogP contribution in [0.4, 0.5) is 9.59 Å². The zero-order valence-electron chi connectivity index (χ0n) is 14.4. The lowest BCUT2D eigenvalue weighted by atomic mass is 9.96. The van der Waals surface area contributed by atoms with Gasteiger partial charge in [-0.1, -0.05) is 12.2 Å². The minimum atomic E-state index is -0.553. The zero-order valence-corrected chi connectivity index (χ0v) is 14.4. The molecule has 0 aromatic carbocycles. The SMILES string of the molecule is CC(C)(C)OC(=O)N[C@@H]1CC=CC[C@H]1NC(=O)OC(C)(C)C. The molecule has 2 atom stereocenters. The average Bonchev–Trinajstić information content (AvgIpc) is 2.26. The van der Waals surface area contributed by atoms with Crippen molar-refractivity contribution in [2.45, 2.75) is 77.7 Å². The molecule has 2 N–H and O–H groups in total. The molecule has 0 aliphatic heterocycles. The van der Waals surface area contributed by atoms with Crippen LogP contribution >= 0.6 is 0 Å². The maximum atomic E-state index is 11.9. The Morgan fingerprint density at radius 3 is 1.41 bits per heavy atom. The molecule has 0 radical (unpaired) electrons. The third-order valence-corrected chi connectivity index (χ3v) is 2.84. The molecule has 0 saturated carbocycles. The Balaban J connectivity index is 2.59. The third-order valence-electron chi connectivity index (χ3n) is 2.84. The van der Waals surface area contributed by atoms with E-state index in [1.807, 2.05) is 53.7 Å². The van der Waals surface area contributed by atoms with Gasteiger partial charge in [0.05, 0.1) is 12.1 Å². The first-order valence-electron chi connectivity index (χ1n) is 7.60. The number of rotatable bonds is 2. The summed E-state index contributed by atoms with van der Waals surface area (Å²) in [7, 11) is 0. The number of hydrogen-bond donors (Lipinski definition) is 2. The van der Waals surface area contributed by atoms with E-state index in [2.05, 4.69) is 10.6 Å². The van der Waals surface area contributed by atoms with Crippen LogP contribution < -0.4 is 10.6 Å². The summed E-state index contributed by atoms with van der Waals surface area (Å²) in [6.07, 6.45) is 4.27. The van der Waals surface area contributed by atoms with Crippen molar-refractivity contribution in [1.82, 2.24) is 10.6 Å². The second-order valence-electron chi connectivity index (χ2n) is 7.45. The molecule has 0 bridgehead atoms. The van der Waals surface area contributed by atoms with Gasteiger partial charge >= 0.3 is 12.2 Å². The third kappa shape index (κ3) is 7.33. The highest BCUT2D eigenvalue weighted by atomic mass is 16.6. The minimum Gasteiger partial charge on any atom is -0.444 e. The molecule has 1 rings (SSSR count). The van der Waals surface area contributed by atoms with Gasteiger partial charge in [-0.25, -0.2) is 9.59 Å². The van der Waals surface area contributed by atoms with Crippen LogP contribution in [0, 0.1) is 0 Å². The first-order valence-corrected chi connectivity index (χ1v) is 7.60. The quantitative estimate of drug-likeness (QED) is 0.768. The van der Waals surface area contributed by atoms with Gasteiger partial charge in [0.25, 0.3) is 0 Å². The van der Waals surface area contributed by atoms with Gasteiger partial charge in [-0.15, -0.1) is 0 Å². The first-order chi connectivity index (χ1) is 9.96. The van der Waals surface area contributed by atoms with Crippen molar-refractivity contribution < 1.29 is 19.1 Å². The highest BCUT2D eigenvalue weighted by Crippen LogP contribution is 2.15. The molecule has 6 heteroatoms. The Bertz CT molecular complexity index is 392. The summed E-state index contributed by atoms with van der Waals surface area (Å²) in [5.74, 6) is 0. The number of carbonyl (C=O) groups excluding carboxylic acids is 2. The minimum absolute atomic E-state index is 0.215. The van der Waals surface area contributed by atoms with E-state index in [-0.39, 0.29) is 12.1 Å². The summed E-state index contributed by atoms with van der Waals surface area (Å²) in [5, 5.41) is 5.62. The van der Waals surface area contributed by atoms with Gasteiger partial charge in [0.15, 0.2) is 0 Å². The molecule has 126 valence electrons. The van der Waals surface area contributed by atoms with Crippen molar-refractivity contribution in [3.63, 3.8) is 0 Å². The Kier molecular flexibility index (Phi) is 5.85. The van der Waals surface area contributed by atoms with Crippen LogP contribution in [0.15, 0.2) is 12.2 Å². The van der Waals surface area contributed by atoms with E-state index in [0.717, 1.165) is 0 Å². The van der Waals surface area contributed by atoms with Crippen LogP contribution in [-0.2, 0) is 9.47 Å². The molecule has 0 aromatic heterocycles. The predicted octanol–water partition coefficient (Wildman–Crippen LogP) is 3.12. The summed E-state index contributed by atoms with van der Waals surface area (Å²) in [6.45, 7) is 10.9. The fraction of sp³-hybridized carbons (Fsp3) is 0.750. The maximum absolute atomic E-state index is 11.9. The van der Waals surface area contributed by atoms with Gasteiger partial charge in [0.2, 0.25) is 0 Å². The Hall–Kier alpha value is -1.72. The predicted molar refractivity (Wildman–Crippen MR) is 84.7 cm³/mol. The van der Waals surface area contributed by atoms with E-state index in [1.165, 1.54) is 0 Å². The smallest absolute Gasteiger partial charge is 0.407 e. The monoisotopic (exact) mass is 312 g/mol. The molecule has 0 spiro atoms. The molecule has 0 heterocycles. The fourth-order valence-electron chi connectivity index (χ4n) is 2.05. The molecule has 0 fully saturated rings. The van der Waals surface area contributed by atoms with Gasteiger partial charge in [-0.2, -0.15) is 0 Å². The van der Waals surface area contributed by atoms with Crippen molar-refractivity contribution in [3.05, 3.63) is 12.2 Å². The summed E-state index contributed by atoms with van der Waals surface area (Å²) in [6, 6.07) is -0.431. The summed E-state index contributed by atoms with van der Waals surface area (Å²) >= 11 is 0. The number of carbonyl (C=O) groups is 2. The molecule has 1 aliphatic carbocycles. The lowest BCUT2D eigenvalue weighted by Gasteiger charge is -2.31. The molecule has 0 unspecified atom stereocenters. The fourth-order valence-corrected chi connectivity index (χ4v) is 2.05. The van der Waals surface area contributed by atoms with Gasteiger partial charge in [0, 0.05) is 0 Å². The lowest BCUT2D eigenvalue weighted by Crippen LogP contribution is -2.53. The van der Waals surface area contributed by atoms with Crippen LogP contribution in [0.3, 0.4) is 0 Å². The van der Waals surface area contributed by atoms with Crippen LogP contribution in [0.25, 0.3) is 0 Å². The molecule has 6 nitrogen and oxygen atoms in total. The summed E-state index contributed by atoms with van der Waals surface area (Å²) in [5.41, 5.74) is -1.11.